The van der Waals surface area contributed by atoms with Crippen molar-refractivity contribution in [1.29, 1.82) is 0 Å². The molecule has 15 heavy (non-hydrogen) atoms. The molecule has 1 aromatic carbocycles. The molecule has 1 nitrogen and oxygen atoms in total. The van der Waals surface area contributed by atoms with Crippen LogP contribution in [0.3, 0.4) is 0 Å². The van der Waals surface area contributed by atoms with E-state index in [2.05, 4.69) is 0 Å². The molecule has 0 bridgehead atoms. The predicted molar refractivity (Wildman–Crippen MR) is 53.8 cm³/mol. The van der Waals surface area contributed by atoms with Crippen molar-refractivity contribution in [3.05, 3.63) is 29.8 Å². The molecular formula is C10H11F3OS. The number of aliphatic hydroxyl groups is 1. The second-order valence-electron chi connectivity index (χ2n) is 3.30. The van der Waals surface area contributed by atoms with Gasteiger partial charge < -0.3 is 5.11 Å². The summed E-state index contributed by atoms with van der Waals surface area (Å²) in [6.07, 6.45) is -2.90. The van der Waals surface area contributed by atoms with Gasteiger partial charge in [0.25, 0.3) is 0 Å². The fourth-order valence-corrected chi connectivity index (χ4v) is 1.55. The lowest BCUT2D eigenvalue weighted by Crippen LogP contribution is -2.39. The molecule has 0 saturated carbocycles. The van der Waals surface area contributed by atoms with Crippen molar-refractivity contribution in [2.75, 3.05) is 6.26 Å². The summed E-state index contributed by atoms with van der Waals surface area (Å²) in [6, 6.07) is 5.81. The normalized spacial score (nSPS) is 16.1. The van der Waals surface area contributed by atoms with Crippen LogP contribution >= 0.6 is 11.8 Å². The molecule has 0 heterocycles. The van der Waals surface area contributed by atoms with Gasteiger partial charge in [0.15, 0.2) is 5.60 Å². The maximum Gasteiger partial charge on any atom is 0.421 e. The van der Waals surface area contributed by atoms with Gasteiger partial charge in [0, 0.05) is 4.90 Å². The van der Waals surface area contributed by atoms with Gasteiger partial charge in [-0.1, -0.05) is 12.1 Å². The van der Waals surface area contributed by atoms with Crippen molar-refractivity contribution in [1.82, 2.24) is 0 Å². The maximum atomic E-state index is 12.5. The first kappa shape index (κ1) is 12.4. The van der Waals surface area contributed by atoms with Crippen LogP contribution in [-0.2, 0) is 5.60 Å². The van der Waals surface area contributed by atoms with Crippen LogP contribution in [0.2, 0.25) is 0 Å². The monoisotopic (exact) mass is 236 g/mol. The smallest absolute Gasteiger partial charge is 0.376 e. The maximum absolute atomic E-state index is 12.5. The Hall–Kier alpha value is -0.680. The van der Waals surface area contributed by atoms with Gasteiger partial charge in [-0.05, 0) is 30.9 Å². The van der Waals surface area contributed by atoms with Crippen molar-refractivity contribution in [3.63, 3.8) is 0 Å². The van der Waals surface area contributed by atoms with Gasteiger partial charge in [0.1, 0.15) is 0 Å². The van der Waals surface area contributed by atoms with Gasteiger partial charge >= 0.3 is 6.18 Å². The molecule has 84 valence electrons. The molecule has 0 aliphatic rings. The van der Waals surface area contributed by atoms with E-state index in [1.165, 1.54) is 30.0 Å². The predicted octanol–water partition coefficient (Wildman–Crippen LogP) is 3.18. The summed E-state index contributed by atoms with van der Waals surface area (Å²) in [4.78, 5) is 0.692. The summed E-state index contributed by atoms with van der Waals surface area (Å²) in [5.41, 5.74) is -2.93. The fourth-order valence-electron chi connectivity index (χ4n) is 1.09. The highest BCUT2D eigenvalue weighted by Crippen LogP contribution is 2.39. The number of hydrogen-bond donors (Lipinski definition) is 1. The number of benzene rings is 1. The molecule has 0 aliphatic carbocycles. The molecule has 0 unspecified atom stereocenters. The van der Waals surface area contributed by atoms with E-state index in [-0.39, 0.29) is 5.56 Å². The number of hydrogen-bond acceptors (Lipinski definition) is 2. The van der Waals surface area contributed by atoms with E-state index in [1.807, 2.05) is 0 Å². The third kappa shape index (κ3) is 2.46. The van der Waals surface area contributed by atoms with Crippen LogP contribution in [0.15, 0.2) is 29.2 Å². The minimum Gasteiger partial charge on any atom is -0.376 e. The lowest BCUT2D eigenvalue weighted by Gasteiger charge is -2.26. The summed E-state index contributed by atoms with van der Waals surface area (Å²) in [7, 11) is 0. The Balaban J connectivity index is 3.15. The largest absolute Gasteiger partial charge is 0.421 e. The van der Waals surface area contributed by atoms with Crippen LogP contribution in [-0.4, -0.2) is 17.5 Å². The molecule has 1 aromatic rings. The van der Waals surface area contributed by atoms with Crippen LogP contribution in [0.1, 0.15) is 12.5 Å². The Bertz CT molecular complexity index is 347. The summed E-state index contributed by atoms with van der Waals surface area (Å²) in [5, 5.41) is 9.41. The SMILES string of the molecule is CSc1cccc([C@@](C)(O)C(F)(F)F)c1. The number of halogens is 3. The second kappa shape index (κ2) is 4.06. The minimum absolute atomic E-state index is 0.137. The summed E-state index contributed by atoms with van der Waals surface area (Å²) < 4.78 is 37.5. The van der Waals surface area contributed by atoms with Crippen LogP contribution in [0.4, 0.5) is 13.2 Å². The molecule has 5 heteroatoms. The van der Waals surface area contributed by atoms with Gasteiger partial charge in [-0.3, -0.25) is 0 Å². The fraction of sp³-hybridized carbons (Fsp3) is 0.400. The van der Waals surface area contributed by atoms with E-state index in [9.17, 15) is 18.3 Å². The van der Waals surface area contributed by atoms with E-state index < -0.39 is 11.8 Å². The first-order chi connectivity index (χ1) is 6.79. The van der Waals surface area contributed by atoms with E-state index in [0.29, 0.717) is 4.90 Å². The topological polar surface area (TPSA) is 20.2 Å². The Labute approximate surface area is 90.3 Å². The Morgan fingerprint density at radius 3 is 2.33 bits per heavy atom. The second-order valence-corrected chi connectivity index (χ2v) is 4.18. The first-order valence-corrected chi connectivity index (χ1v) is 5.45. The zero-order valence-electron chi connectivity index (χ0n) is 8.30. The van der Waals surface area contributed by atoms with Crippen molar-refractivity contribution < 1.29 is 18.3 Å². The standard InChI is InChI=1S/C10H11F3OS/c1-9(14,10(11,12)13)7-4-3-5-8(6-7)15-2/h3-6,14H,1-2H3/t9-/m1/s1. The Morgan fingerprint density at radius 1 is 1.27 bits per heavy atom. The van der Waals surface area contributed by atoms with Crippen LogP contribution in [0.25, 0.3) is 0 Å². The molecule has 0 saturated heterocycles. The van der Waals surface area contributed by atoms with Crippen LogP contribution < -0.4 is 0 Å². The highest BCUT2D eigenvalue weighted by molar-refractivity contribution is 7.98. The lowest BCUT2D eigenvalue weighted by molar-refractivity contribution is -0.258. The van der Waals surface area contributed by atoms with Crippen LogP contribution in [0.5, 0.6) is 0 Å². The minimum atomic E-state index is -4.66. The summed E-state index contributed by atoms with van der Waals surface area (Å²) >= 11 is 1.33. The summed E-state index contributed by atoms with van der Waals surface area (Å²) in [6.45, 7) is 0.756. The number of thioether (sulfide) groups is 1. The van der Waals surface area contributed by atoms with Gasteiger partial charge in [0.2, 0.25) is 0 Å². The first-order valence-electron chi connectivity index (χ1n) is 4.22. The molecule has 0 radical (unpaired) electrons. The molecule has 1 atom stereocenters. The Kier molecular flexibility index (Phi) is 3.35. The summed E-state index contributed by atoms with van der Waals surface area (Å²) in [5.74, 6) is 0. The molecule has 0 spiro atoms. The van der Waals surface area contributed by atoms with Crippen molar-refractivity contribution >= 4 is 11.8 Å². The van der Waals surface area contributed by atoms with Crippen molar-refractivity contribution in [3.8, 4) is 0 Å². The highest BCUT2D eigenvalue weighted by atomic mass is 32.2. The highest BCUT2D eigenvalue weighted by Gasteiger charge is 2.51. The molecular weight excluding hydrogens is 225 g/mol. The quantitative estimate of drug-likeness (QED) is 0.796. The average Bonchev–Trinajstić information content (AvgIpc) is 2.16. The van der Waals surface area contributed by atoms with Crippen molar-refractivity contribution in [2.45, 2.75) is 23.6 Å². The van der Waals surface area contributed by atoms with Crippen molar-refractivity contribution in [2.24, 2.45) is 0 Å². The Morgan fingerprint density at radius 2 is 1.87 bits per heavy atom. The molecule has 0 aromatic heterocycles. The zero-order chi connectivity index (χ0) is 11.7. The zero-order valence-corrected chi connectivity index (χ0v) is 9.12. The van der Waals surface area contributed by atoms with Gasteiger partial charge in [-0.25, -0.2) is 0 Å². The van der Waals surface area contributed by atoms with Crippen LogP contribution in [0, 0.1) is 0 Å². The van der Waals surface area contributed by atoms with E-state index in [1.54, 1.807) is 12.3 Å². The lowest BCUT2D eigenvalue weighted by atomic mass is 9.96. The number of rotatable bonds is 2. The average molecular weight is 236 g/mol. The molecule has 0 aliphatic heterocycles. The van der Waals surface area contributed by atoms with Gasteiger partial charge in [-0.15, -0.1) is 11.8 Å². The van der Waals surface area contributed by atoms with E-state index in [4.69, 9.17) is 0 Å². The third-order valence-corrected chi connectivity index (χ3v) is 2.91. The van der Waals surface area contributed by atoms with E-state index in [0.717, 1.165) is 6.92 Å². The van der Waals surface area contributed by atoms with Gasteiger partial charge in [0.05, 0.1) is 0 Å². The molecule has 1 N–H and O–H groups in total. The van der Waals surface area contributed by atoms with Gasteiger partial charge in [-0.2, -0.15) is 13.2 Å². The molecule has 0 amide bonds. The van der Waals surface area contributed by atoms with E-state index >= 15 is 0 Å². The molecule has 1 rings (SSSR count). The molecule has 0 fully saturated rings. The number of alkyl halides is 3. The third-order valence-electron chi connectivity index (χ3n) is 2.18.